The lowest BCUT2D eigenvalue weighted by Crippen LogP contribution is -2.31. The molecule has 28 heavy (non-hydrogen) atoms. The molecule has 2 atom stereocenters. The minimum absolute atomic E-state index is 0.0240. The summed E-state index contributed by atoms with van der Waals surface area (Å²) in [5.74, 6) is 0.129. The van der Waals surface area contributed by atoms with Crippen molar-refractivity contribution in [3.63, 3.8) is 0 Å². The molecule has 0 aromatic heterocycles. The van der Waals surface area contributed by atoms with Crippen molar-refractivity contribution < 1.29 is 19.2 Å². The molecule has 1 fully saturated rings. The zero-order chi connectivity index (χ0) is 20.3. The maximum absolute atomic E-state index is 12.6. The number of rotatable bonds is 7. The number of thioether (sulfide) groups is 1. The van der Waals surface area contributed by atoms with Crippen LogP contribution in [0.2, 0.25) is 5.02 Å². The second-order valence-corrected chi connectivity index (χ2v) is 7.86. The van der Waals surface area contributed by atoms with Crippen molar-refractivity contribution in [2.45, 2.75) is 24.8 Å². The summed E-state index contributed by atoms with van der Waals surface area (Å²) < 4.78 is 10.0. The molecule has 1 aliphatic heterocycles. The number of benzene rings is 2. The van der Waals surface area contributed by atoms with E-state index in [0.29, 0.717) is 10.6 Å². The summed E-state index contributed by atoms with van der Waals surface area (Å²) in [6.45, 7) is 2.17. The number of hydrogen-bond donors (Lipinski definition) is 0. The summed E-state index contributed by atoms with van der Waals surface area (Å²) in [7, 11) is 1.44. The largest absolute Gasteiger partial charge is 0.460 e. The van der Waals surface area contributed by atoms with Gasteiger partial charge in [-0.15, -0.1) is 0 Å². The Morgan fingerprint density at radius 1 is 1.25 bits per heavy atom. The Morgan fingerprint density at radius 2 is 1.96 bits per heavy atom. The average molecular weight is 423 g/mol. The predicted molar refractivity (Wildman–Crippen MR) is 108 cm³/mol. The molecule has 0 aliphatic carbocycles. The smallest absolute Gasteiger partial charge is 0.311 e. The number of nitro benzene ring substituents is 1. The number of halogens is 1. The Kier molecular flexibility index (Phi) is 6.43. The highest BCUT2D eigenvalue weighted by Crippen LogP contribution is 2.44. The van der Waals surface area contributed by atoms with E-state index in [1.165, 1.54) is 31.0 Å². The fraction of sp³-hybridized carbons (Fsp3) is 0.316. The maximum atomic E-state index is 12.6. The van der Waals surface area contributed by atoms with Crippen molar-refractivity contribution >= 4 is 34.3 Å². The summed E-state index contributed by atoms with van der Waals surface area (Å²) in [5.41, 5.74) is 1.52. The molecule has 0 radical (unpaired) electrons. The summed E-state index contributed by atoms with van der Waals surface area (Å²) in [6, 6.07) is 12.1. The molecule has 148 valence electrons. The fourth-order valence-electron chi connectivity index (χ4n) is 3.06. The van der Waals surface area contributed by atoms with E-state index in [2.05, 4.69) is 0 Å². The van der Waals surface area contributed by atoms with Gasteiger partial charge in [-0.05, 0) is 36.2 Å². The molecule has 7 nitrogen and oxygen atoms in total. The Bertz CT molecular complexity index is 877. The van der Waals surface area contributed by atoms with Gasteiger partial charge >= 0.3 is 5.69 Å². The minimum Gasteiger partial charge on any atom is -0.460 e. The lowest BCUT2D eigenvalue weighted by atomic mass is 10.0. The lowest BCUT2D eigenvalue weighted by Gasteiger charge is -2.24. The molecular formula is C19H19ClN2O5S. The average Bonchev–Trinajstić information content (AvgIpc) is 2.95. The van der Waals surface area contributed by atoms with Crippen molar-refractivity contribution in [3.05, 3.63) is 68.7 Å². The first-order valence-electron chi connectivity index (χ1n) is 8.52. The molecule has 2 aromatic rings. The number of nitro groups is 1. The first-order chi connectivity index (χ1) is 13.4. The van der Waals surface area contributed by atoms with Gasteiger partial charge in [0.05, 0.1) is 10.2 Å². The molecule has 0 N–H and O–H groups in total. The van der Waals surface area contributed by atoms with Gasteiger partial charge in [0.15, 0.2) is 12.5 Å². The van der Waals surface area contributed by atoms with Crippen molar-refractivity contribution in [1.82, 2.24) is 4.90 Å². The SMILES string of the molecule is COCOc1ccc(CN2C(=O)S[C@@H](c3ccc(Cl)cc3)[C@@H]2C)cc1[N+](=O)[O-]. The molecule has 0 saturated carbocycles. The Labute approximate surface area is 171 Å². The number of hydrogen-bond acceptors (Lipinski definition) is 6. The standard InChI is InChI=1S/C19H19ClN2O5S/c1-12-18(14-4-6-15(20)7-5-14)28-19(23)21(12)10-13-3-8-17(27-11-26-2)16(9-13)22(24)25/h3-9,12,18H,10-11H2,1-2H3/t12-,18+/m0/s1. The van der Waals surface area contributed by atoms with Gasteiger partial charge in [-0.25, -0.2) is 0 Å². The number of carbonyl (C=O) groups excluding carboxylic acids is 1. The molecule has 2 aromatic carbocycles. The van der Waals surface area contributed by atoms with Crippen LogP contribution in [-0.4, -0.2) is 35.0 Å². The number of carbonyl (C=O) groups is 1. The third-order valence-electron chi connectivity index (χ3n) is 4.50. The number of nitrogens with zero attached hydrogens (tertiary/aromatic N) is 2. The van der Waals surface area contributed by atoms with Gasteiger partial charge in [0.1, 0.15) is 0 Å². The third-order valence-corrected chi connectivity index (χ3v) is 6.10. The van der Waals surface area contributed by atoms with Crippen LogP contribution in [0.15, 0.2) is 42.5 Å². The normalized spacial score (nSPS) is 19.1. The summed E-state index contributed by atoms with van der Waals surface area (Å²) in [4.78, 5) is 25.1. The highest BCUT2D eigenvalue weighted by molar-refractivity contribution is 8.14. The number of amides is 1. The first kappa shape index (κ1) is 20.4. The first-order valence-corrected chi connectivity index (χ1v) is 9.78. The van der Waals surface area contributed by atoms with Gasteiger partial charge in [-0.1, -0.05) is 41.6 Å². The van der Waals surface area contributed by atoms with Gasteiger partial charge in [0.2, 0.25) is 0 Å². The van der Waals surface area contributed by atoms with Crippen LogP contribution in [0.25, 0.3) is 0 Å². The van der Waals surface area contributed by atoms with E-state index >= 15 is 0 Å². The highest BCUT2D eigenvalue weighted by atomic mass is 35.5. The second kappa shape index (κ2) is 8.81. The second-order valence-electron chi connectivity index (χ2n) is 6.33. The van der Waals surface area contributed by atoms with E-state index in [1.807, 2.05) is 19.1 Å². The Balaban J connectivity index is 1.79. The predicted octanol–water partition coefficient (Wildman–Crippen LogP) is 5.03. The van der Waals surface area contributed by atoms with Crippen molar-refractivity contribution in [2.24, 2.45) is 0 Å². The van der Waals surface area contributed by atoms with Crippen molar-refractivity contribution in [2.75, 3.05) is 13.9 Å². The Morgan fingerprint density at radius 3 is 2.61 bits per heavy atom. The van der Waals surface area contributed by atoms with Crippen LogP contribution in [0.3, 0.4) is 0 Å². The van der Waals surface area contributed by atoms with Crippen LogP contribution in [0.1, 0.15) is 23.3 Å². The van der Waals surface area contributed by atoms with Crippen LogP contribution in [0, 0.1) is 10.1 Å². The molecule has 1 aliphatic rings. The topological polar surface area (TPSA) is 81.9 Å². The highest BCUT2D eigenvalue weighted by Gasteiger charge is 2.38. The van der Waals surface area contributed by atoms with Gasteiger partial charge in [0, 0.05) is 30.8 Å². The van der Waals surface area contributed by atoms with E-state index in [-0.39, 0.29) is 41.3 Å². The molecule has 1 saturated heterocycles. The van der Waals surface area contributed by atoms with Gasteiger partial charge < -0.3 is 14.4 Å². The van der Waals surface area contributed by atoms with E-state index in [4.69, 9.17) is 21.1 Å². The van der Waals surface area contributed by atoms with Gasteiger partial charge in [0.25, 0.3) is 5.24 Å². The zero-order valence-electron chi connectivity index (χ0n) is 15.3. The summed E-state index contributed by atoms with van der Waals surface area (Å²) >= 11 is 7.20. The molecular weight excluding hydrogens is 404 g/mol. The van der Waals surface area contributed by atoms with E-state index in [0.717, 1.165) is 5.56 Å². The van der Waals surface area contributed by atoms with Gasteiger partial charge in [-0.3, -0.25) is 14.9 Å². The number of methoxy groups -OCH3 is 1. The lowest BCUT2D eigenvalue weighted by molar-refractivity contribution is -0.386. The van der Waals surface area contributed by atoms with Crippen LogP contribution < -0.4 is 4.74 Å². The number of ether oxygens (including phenoxy) is 2. The van der Waals surface area contributed by atoms with Crippen LogP contribution in [0.4, 0.5) is 10.5 Å². The summed E-state index contributed by atoms with van der Waals surface area (Å²) in [5, 5.41) is 11.9. The van der Waals surface area contributed by atoms with E-state index < -0.39 is 4.92 Å². The van der Waals surface area contributed by atoms with Crippen LogP contribution in [0.5, 0.6) is 5.75 Å². The molecule has 1 heterocycles. The Hall–Kier alpha value is -2.29. The molecule has 0 spiro atoms. The van der Waals surface area contributed by atoms with Gasteiger partial charge in [-0.2, -0.15) is 0 Å². The van der Waals surface area contributed by atoms with Crippen LogP contribution >= 0.6 is 23.4 Å². The quantitative estimate of drug-likeness (QED) is 0.353. The van der Waals surface area contributed by atoms with Crippen molar-refractivity contribution in [1.29, 1.82) is 0 Å². The third kappa shape index (κ3) is 4.40. The monoisotopic (exact) mass is 422 g/mol. The minimum atomic E-state index is -0.505. The van der Waals surface area contributed by atoms with Crippen LogP contribution in [-0.2, 0) is 11.3 Å². The molecule has 9 heteroatoms. The fourth-order valence-corrected chi connectivity index (χ4v) is 4.40. The zero-order valence-corrected chi connectivity index (χ0v) is 16.9. The molecule has 3 rings (SSSR count). The maximum Gasteiger partial charge on any atom is 0.311 e. The van der Waals surface area contributed by atoms with Crippen molar-refractivity contribution in [3.8, 4) is 5.75 Å². The molecule has 0 bridgehead atoms. The van der Waals surface area contributed by atoms with E-state index in [9.17, 15) is 14.9 Å². The molecule has 0 unspecified atom stereocenters. The van der Waals surface area contributed by atoms with E-state index in [1.54, 1.807) is 23.1 Å². The molecule has 1 amide bonds. The summed E-state index contributed by atoms with van der Waals surface area (Å²) in [6.07, 6.45) is 0.